The third kappa shape index (κ3) is 2.20. The van der Waals surface area contributed by atoms with Gasteiger partial charge in [-0.25, -0.2) is 9.97 Å². The second kappa shape index (κ2) is 4.67. The summed E-state index contributed by atoms with van der Waals surface area (Å²) in [6.07, 6.45) is 6.98. The molecular weight excluding hydrogens is 226 g/mol. The van der Waals surface area contributed by atoms with Crippen LogP contribution in [-0.4, -0.2) is 19.5 Å². The molecule has 0 amide bonds. The maximum atomic E-state index is 4.41. The lowest BCUT2D eigenvalue weighted by Gasteiger charge is -2.06. The van der Waals surface area contributed by atoms with Gasteiger partial charge in [-0.2, -0.15) is 4.98 Å². The Morgan fingerprint density at radius 2 is 1.89 bits per heavy atom. The maximum Gasteiger partial charge on any atom is 0.229 e. The molecule has 18 heavy (non-hydrogen) atoms. The van der Waals surface area contributed by atoms with Crippen LogP contribution in [0.4, 0.5) is 11.6 Å². The van der Waals surface area contributed by atoms with Gasteiger partial charge < -0.3 is 5.32 Å². The zero-order valence-electron chi connectivity index (χ0n) is 9.56. The van der Waals surface area contributed by atoms with Crippen LogP contribution in [0.1, 0.15) is 0 Å². The standard InChI is InChI=1S/C13H11N5/c1-2-4-11(5-3-1)16-13-15-7-6-12(17-13)18-9-8-14-10-18/h1-10H,(H,15,16,17). The molecule has 0 fully saturated rings. The second-order valence-electron chi connectivity index (χ2n) is 3.70. The zero-order chi connectivity index (χ0) is 12.2. The van der Waals surface area contributed by atoms with Crippen molar-refractivity contribution in [3.8, 4) is 5.82 Å². The Labute approximate surface area is 104 Å². The predicted octanol–water partition coefficient (Wildman–Crippen LogP) is 2.41. The van der Waals surface area contributed by atoms with Gasteiger partial charge in [0, 0.05) is 24.3 Å². The molecule has 0 bridgehead atoms. The Balaban J connectivity index is 1.88. The quantitative estimate of drug-likeness (QED) is 0.760. The fourth-order valence-corrected chi connectivity index (χ4v) is 1.60. The van der Waals surface area contributed by atoms with Gasteiger partial charge in [-0.1, -0.05) is 18.2 Å². The predicted molar refractivity (Wildman–Crippen MR) is 68.9 cm³/mol. The highest BCUT2D eigenvalue weighted by Gasteiger charge is 2.01. The van der Waals surface area contributed by atoms with Crippen molar-refractivity contribution in [1.29, 1.82) is 0 Å². The molecule has 0 aliphatic heterocycles. The first kappa shape index (κ1) is 10.5. The number of anilines is 2. The van der Waals surface area contributed by atoms with Gasteiger partial charge in [0.05, 0.1) is 0 Å². The molecule has 5 nitrogen and oxygen atoms in total. The topological polar surface area (TPSA) is 55.6 Å². The highest BCUT2D eigenvalue weighted by molar-refractivity contribution is 5.53. The number of aromatic nitrogens is 4. The van der Waals surface area contributed by atoms with E-state index in [4.69, 9.17) is 0 Å². The molecule has 2 heterocycles. The minimum Gasteiger partial charge on any atom is -0.324 e. The van der Waals surface area contributed by atoms with E-state index in [9.17, 15) is 0 Å². The van der Waals surface area contributed by atoms with Gasteiger partial charge in [0.25, 0.3) is 0 Å². The first-order chi connectivity index (χ1) is 8.92. The molecule has 0 spiro atoms. The van der Waals surface area contributed by atoms with E-state index in [2.05, 4.69) is 20.3 Å². The second-order valence-corrected chi connectivity index (χ2v) is 3.70. The Morgan fingerprint density at radius 3 is 2.67 bits per heavy atom. The first-order valence-electron chi connectivity index (χ1n) is 5.55. The van der Waals surface area contributed by atoms with Crippen molar-refractivity contribution in [1.82, 2.24) is 19.5 Å². The lowest BCUT2D eigenvalue weighted by Crippen LogP contribution is -2.01. The van der Waals surface area contributed by atoms with Gasteiger partial charge in [0.2, 0.25) is 5.95 Å². The highest BCUT2D eigenvalue weighted by Crippen LogP contribution is 2.12. The van der Waals surface area contributed by atoms with Crippen LogP contribution in [0, 0.1) is 0 Å². The summed E-state index contributed by atoms with van der Waals surface area (Å²) >= 11 is 0. The summed E-state index contributed by atoms with van der Waals surface area (Å²) in [6.45, 7) is 0. The van der Waals surface area contributed by atoms with Crippen molar-refractivity contribution < 1.29 is 0 Å². The Morgan fingerprint density at radius 1 is 1.00 bits per heavy atom. The van der Waals surface area contributed by atoms with Gasteiger partial charge in [0.15, 0.2) is 0 Å². The summed E-state index contributed by atoms with van der Waals surface area (Å²) in [5, 5.41) is 3.15. The Hall–Kier alpha value is -2.69. The third-order valence-corrected chi connectivity index (χ3v) is 2.44. The molecule has 0 saturated carbocycles. The van der Waals surface area contributed by atoms with Crippen LogP contribution in [0.3, 0.4) is 0 Å². The lowest BCUT2D eigenvalue weighted by atomic mass is 10.3. The molecule has 0 unspecified atom stereocenters. The fourth-order valence-electron chi connectivity index (χ4n) is 1.60. The van der Waals surface area contributed by atoms with Crippen LogP contribution in [0.25, 0.3) is 5.82 Å². The molecule has 1 N–H and O–H groups in total. The van der Waals surface area contributed by atoms with Gasteiger partial charge in [-0.3, -0.25) is 4.57 Å². The van der Waals surface area contributed by atoms with E-state index in [-0.39, 0.29) is 0 Å². The summed E-state index contributed by atoms with van der Waals surface area (Å²) < 4.78 is 1.83. The molecule has 0 saturated heterocycles. The minimum atomic E-state index is 0.562. The van der Waals surface area contributed by atoms with Crippen molar-refractivity contribution in [2.24, 2.45) is 0 Å². The van der Waals surface area contributed by atoms with E-state index >= 15 is 0 Å². The number of benzene rings is 1. The molecule has 3 aromatic rings. The molecule has 0 radical (unpaired) electrons. The normalized spacial score (nSPS) is 10.2. The van der Waals surface area contributed by atoms with Crippen LogP contribution in [0.15, 0.2) is 61.3 Å². The monoisotopic (exact) mass is 237 g/mol. The van der Waals surface area contributed by atoms with Gasteiger partial charge in [-0.05, 0) is 18.2 Å². The van der Waals surface area contributed by atoms with E-state index in [0.717, 1.165) is 11.5 Å². The number of imidazole rings is 1. The van der Waals surface area contributed by atoms with Crippen LogP contribution in [0.2, 0.25) is 0 Å². The molecule has 5 heteroatoms. The molecule has 1 aromatic carbocycles. The molecule has 88 valence electrons. The summed E-state index contributed by atoms with van der Waals surface area (Å²) in [5.41, 5.74) is 0.959. The van der Waals surface area contributed by atoms with Crippen LogP contribution >= 0.6 is 0 Å². The van der Waals surface area contributed by atoms with E-state index < -0.39 is 0 Å². The average molecular weight is 237 g/mol. The average Bonchev–Trinajstić information content (AvgIpc) is 2.94. The van der Waals surface area contributed by atoms with Crippen molar-refractivity contribution in [3.05, 3.63) is 61.3 Å². The molecular formula is C13H11N5. The molecule has 2 aromatic heterocycles. The molecule has 0 aliphatic rings. The summed E-state index contributed by atoms with van der Waals surface area (Å²) in [4.78, 5) is 12.6. The van der Waals surface area contributed by atoms with Crippen molar-refractivity contribution in [3.63, 3.8) is 0 Å². The molecule has 3 rings (SSSR count). The van der Waals surface area contributed by atoms with E-state index in [0.29, 0.717) is 5.95 Å². The maximum absolute atomic E-state index is 4.41. The molecule has 0 atom stereocenters. The summed E-state index contributed by atoms with van der Waals surface area (Å²) in [6, 6.07) is 11.6. The van der Waals surface area contributed by atoms with Gasteiger partial charge >= 0.3 is 0 Å². The number of para-hydroxylation sites is 1. The number of nitrogens with one attached hydrogen (secondary N) is 1. The van der Waals surface area contributed by atoms with Crippen molar-refractivity contribution >= 4 is 11.6 Å². The Kier molecular flexibility index (Phi) is 2.71. The van der Waals surface area contributed by atoms with Gasteiger partial charge in [-0.15, -0.1) is 0 Å². The van der Waals surface area contributed by atoms with Crippen LogP contribution in [0.5, 0.6) is 0 Å². The van der Waals surface area contributed by atoms with E-state index in [1.54, 1.807) is 18.7 Å². The zero-order valence-corrected chi connectivity index (χ0v) is 9.56. The van der Waals surface area contributed by atoms with Gasteiger partial charge in [0.1, 0.15) is 12.1 Å². The summed E-state index contributed by atoms with van der Waals surface area (Å²) in [5.74, 6) is 1.34. The fraction of sp³-hybridized carbons (Fsp3) is 0. The SMILES string of the molecule is c1ccc(Nc2nccc(-n3ccnc3)n2)cc1. The lowest BCUT2D eigenvalue weighted by molar-refractivity contribution is 0.975. The van der Waals surface area contributed by atoms with Crippen LogP contribution < -0.4 is 5.32 Å². The number of hydrogen-bond acceptors (Lipinski definition) is 4. The number of rotatable bonds is 3. The summed E-state index contributed by atoms with van der Waals surface area (Å²) in [7, 11) is 0. The minimum absolute atomic E-state index is 0.562. The largest absolute Gasteiger partial charge is 0.324 e. The Bertz CT molecular complexity index is 619. The van der Waals surface area contributed by atoms with Crippen molar-refractivity contribution in [2.45, 2.75) is 0 Å². The third-order valence-electron chi connectivity index (χ3n) is 2.44. The van der Waals surface area contributed by atoms with E-state index in [1.165, 1.54) is 0 Å². The number of nitrogens with zero attached hydrogens (tertiary/aromatic N) is 4. The number of hydrogen-bond donors (Lipinski definition) is 1. The first-order valence-corrected chi connectivity index (χ1v) is 5.55. The van der Waals surface area contributed by atoms with E-state index in [1.807, 2.05) is 47.2 Å². The molecule has 0 aliphatic carbocycles. The smallest absolute Gasteiger partial charge is 0.229 e. The van der Waals surface area contributed by atoms with Crippen molar-refractivity contribution in [2.75, 3.05) is 5.32 Å². The highest BCUT2D eigenvalue weighted by atomic mass is 15.2. The van der Waals surface area contributed by atoms with Crippen LogP contribution in [-0.2, 0) is 0 Å².